The molecule has 0 amide bonds. The molecular weight excluding hydrogens is 276 g/mol. The van der Waals surface area contributed by atoms with E-state index in [1.165, 1.54) is 10.5 Å². The molecule has 2 aromatic carbocycles. The van der Waals surface area contributed by atoms with Gasteiger partial charge >= 0.3 is 0 Å². The van der Waals surface area contributed by atoms with E-state index in [2.05, 4.69) is 31.2 Å². The van der Waals surface area contributed by atoms with Gasteiger partial charge < -0.3 is 14.7 Å². The number of ether oxygens (including phenoxy) is 1. The summed E-state index contributed by atoms with van der Waals surface area (Å²) in [7, 11) is 5.85. The first-order valence-electron chi connectivity index (χ1n) is 7.33. The van der Waals surface area contributed by atoms with Crippen molar-refractivity contribution in [2.75, 3.05) is 27.7 Å². The predicted molar refractivity (Wildman–Crippen MR) is 89.1 cm³/mol. The summed E-state index contributed by atoms with van der Waals surface area (Å²) in [5, 5.41) is 9.87. The molecular formula is C18H23N2O2+. The first-order valence-corrected chi connectivity index (χ1v) is 7.33. The minimum absolute atomic E-state index is 0.206. The molecule has 4 nitrogen and oxygen atoms in total. The fraction of sp³-hybridized carbons (Fsp3) is 0.278. The zero-order chi connectivity index (χ0) is 15.9. The molecule has 0 aliphatic rings. The van der Waals surface area contributed by atoms with Crippen LogP contribution < -0.4 is 9.64 Å². The van der Waals surface area contributed by atoms with Crippen LogP contribution in [0.15, 0.2) is 53.5 Å². The van der Waals surface area contributed by atoms with Crippen LogP contribution >= 0.6 is 0 Å². The van der Waals surface area contributed by atoms with E-state index in [0.717, 1.165) is 0 Å². The summed E-state index contributed by atoms with van der Waals surface area (Å²) in [5.41, 5.74) is 1.93. The van der Waals surface area contributed by atoms with Gasteiger partial charge in [-0.25, -0.2) is 0 Å². The number of likely N-dealkylation sites (N-methyl/N-ethyl adjacent to an activating group) is 1. The molecule has 0 bridgehead atoms. The number of hydrogen-bond donors (Lipinski definition) is 2. The van der Waals surface area contributed by atoms with Gasteiger partial charge in [-0.3, -0.25) is 4.99 Å². The number of phenols is 1. The maximum absolute atomic E-state index is 9.87. The largest absolute Gasteiger partial charge is 0.507 e. The van der Waals surface area contributed by atoms with Crippen molar-refractivity contribution in [2.45, 2.75) is 6.04 Å². The standard InChI is InChI=1S/C18H22N2O2/c1-20(2)17(14-7-5-4-6-8-14)13-19-12-15-11-16(22-3)9-10-18(15)21/h4-12,17,21H,13H2,1-3H3/p+1/t17-/m1/s1. The zero-order valence-corrected chi connectivity index (χ0v) is 13.3. The van der Waals surface area contributed by atoms with Gasteiger partial charge in [-0.15, -0.1) is 0 Å². The second kappa shape index (κ2) is 7.61. The average Bonchev–Trinajstić information content (AvgIpc) is 2.53. The Bertz CT molecular complexity index is 624. The van der Waals surface area contributed by atoms with Crippen LogP contribution in [-0.4, -0.2) is 39.1 Å². The van der Waals surface area contributed by atoms with Crippen molar-refractivity contribution >= 4 is 6.21 Å². The minimum Gasteiger partial charge on any atom is -0.507 e. The Labute approximate surface area is 131 Å². The van der Waals surface area contributed by atoms with Crippen LogP contribution in [-0.2, 0) is 0 Å². The van der Waals surface area contributed by atoms with Crippen LogP contribution in [0.4, 0.5) is 0 Å². The molecule has 0 unspecified atom stereocenters. The van der Waals surface area contributed by atoms with Gasteiger partial charge in [-0.2, -0.15) is 0 Å². The Balaban J connectivity index is 2.13. The molecule has 2 rings (SSSR count). The highest BCUT2D eigenvalue weighted by Crippen LogP contribution is 2.21. The molecule has 0 heterocycles. The number of phenolic OH excluding ortho intramolecular Hbond substituents is 1. The maximum atomic E-state index is 9.87. The normalized spacial score (nSPS) is 12.7. The van der Waals surface area contributed by atoms with Gasteiger partial charge in [0.05, 0.1) is 27.7 Å². The Morgan fingerprint density at radius 3 is 2.55 bits per heavy atom. The van der Waals surface area contributed by atoms with E-state index in [0.29, 0.717) is 17.9 Å². The third-order valence-electron chi connectivity index (χ3n) is 3.65. The number of nitrogens with zero attached hydrogens (tertiary/aromatic N) is 1. The molecule has 0 aliphatic carbocycles. The van der Waals surface area contributed by atoms with E-state index in [-0.39, 0.29) is 11.8 Å². The fourth-order valence-electron chi connectivity index (χ4n) is 2.33. The lowest BCUT2D eigenvalue weighted by Gasteiger charge is -2.19. The number of methoxy groups -OCH3 is 1. The number of rotatable bonds is 6. The van der Waals surface area contributed by atoms with E-state index < -0.39 is 0 Å². The monoisotopic (exact) mass is 299 g/mol. The summed E-state index contributed by atoms with van der Waals surface area (Å²) in [5.74, 6) is 0.912. The van der Waals surface area contributed by atoms with E-state index in [9.17, 15) is 5.11 Å². The number of benzene rings is 2. The van der Waals surface area contributed by atoms with Crippen LogP contribution in [0.5, 0.6) is 11.5 Å². The molecule has 4 heteroatoms. The second-order valence-electron chi connectivity index (χ2n) is 5.46. The number of nitrogens with one attached hydrogen (secondary N) is 1. The topological polar surface area (TPSA) is 46.3 Å². The van der Waals surface area contributed by atoms with Crippen molar-refractivity contribution in [3.63, 3.8) is 0 Å². The Morgan fingerprint density at radius 2 is 1.91 bits per heavy atom. The number of aliphatic imine (C=N–C) groups is 1. The summed E-state index contributed by atoms with van der Waals surface area (Å²) >= 11 is 0. The third-order valence-corrected chi connectivity index (χ3v) is 3.65. The van der Waals surface area contributed by atoms with Crippen molar-refractivity contribution in [1.82, 2.24) is 0 Å². The highest BCUT2D eigenvalue weighted by atomic mass is 16.5. The van der Waals surface area contributed by atoms with Crippen LogP contribution in [0.1, 0.15) is 17.2 Å². The van der Waals surface area contributed by atoms with Crippen LogP contribution in [0.2, 0.25) is 0 Å². The highest BCUT2D eigenvalue weighted by Gasteiger charge is 2.16. The van der Waals surface area contributed by atoms with Gasteiger partial charge in [-0.1, -0.05) is 30.3 Å². The van der Waals surface area contributed by atoms with Gasteiger partial charge in [-0.05, 0) is 18.2 Å². The van der Waals surface area contributed by atoms with E-state index >= 15 is 0 Å². The molecule has 0 radical (unpaired) electrons. The van der Waals surface area contributed by atoms with Crippen LogP contribution in [0.25, 0.3) is 0 Å². The number of aromatic hydroxyl groups is 1. The molecule has 0 spiro atoms. The lowest BCUT2D eigenvalue weighted by atomic mass is 10.1. The van der Waals surface area contributed by atoms with E-state index in [1.54, 1.807) is 31.5 Å². The van der Waals surface area contributed by atoms with Crippen molar-refractivity contribution in [1.29, 1.82) is 0 Å². The molecule has 0 fully saturated rings. The molecule has 2 aromatic rings. The molecule has 22 heavy (non-hydrogen) atoms. The van der Waals surface area contributed by atoms with Crippen molar-refractivity contribution in [3.8, 4) is 11.5 Å². The first-order chi connectivity index (χ1) is 10.6. The summed E-state index contributed by atoms with van der Waals surface area (Å²) in [4.78, 5) is 5.83. The van der Waals surface area contributed by atoms with E-state index in [1.807, 2.05) is 18.2 Å². The maximum Gasteiger partial charge on any atom is 0.132 e. The summed E-state index contributed by atoms with van der Waals surface area (Å²) < 4.78 is 5.17. The predicted octanol–water partition coefficient (Wildman–Crippen LogP) is 1.71. The summed E-state index contributed by atoms with van der Waals surface area (Å²) in [6.45, 7) is 0.656. The lowest BCUT2D eigenvalue weighted by molar-refractivity contribution is -0.890. The molecule has 0 aromatic heterocycles. The van der Waals surface area contributed by atoms with Gasteiger partial charge in [0.25, 0.3) is 0 Å². The molecule has 0 aliphatic heterocycles. The lowest BCUT2D eigenvalue weighted by Crippen LogP contribution is -3.06. The first kappa shape index (κ1) is 16.0. The number of hydrogen-bond acceptors (Lipinski definition) is 3. The number of quaternary nitrogens is 1. The van der Waals surface area contributed by atoms with Crippen LogP contribution in [0.3, 0.4) is 0 Å². The van der Waals surface area contributed by atoms with Crippen LogP contribution in [0, 0.1) is 0 Å². The third kappa shape index (κ3) is 4.09. The molecule has 116 valence electrons. The van der Waals surface area contributed by atoms with Gasteiger partial charge in [0.15, 0.2) is 0 Å². The quantitative estimate of drug-likeness (QED) is 0.798. The zero-order valence-electron chi connectivity index (χ0n) is 13.3. The summed E-state index contributed by atoms with van der Waals surface area (Å²) in [6, 6.07) is 15.8. The fourth-order valence-corrected chi connectivity index (χ4v) is 2.33. The smallest absolute Gasteiger partial charge is 0.132 e. The SMILES string of the molecule is COc1ccc(O)c(C=NC[C@H](c2ccccc2)[NH+](C)C)c1. The van der Waals surface area contributed by atoms with Crippen molar-refractivity contribution in [3.05, 3.63) is 59.7 Å². The van der Waals surface area contributed by atoms with Gasteiger partial charge in [0.2, 0.25) is 0 Å². The molecule has 0 saturated heterocycles. The Morgan fingerprint density at radius 1 is 1.18 bits per heavy atom. The summed E-state index contributed by atoms with van der Waals surface area (Å²) in [6.07, 6.45) is 1.71. The Kier molecular flexibility index (Phi) is 5.55. The van der Waals surface area contributed by atoms with E-state index in [4.69, 9.17) is 4.74 Å². The van der Waals surface area contributed by atoms with Crippen molar-refractivity contribution in [2.24, 2.45) is 4.99 Å². The average molecular weight is 299 g/mol. The Hall–Kier alpha value is -2.33. The molecule has 1 atom stereocenters. The van der Waals surface area contributed by atoms with Gasteiger partial charge in [0.1, 0.15) is 17.5 Å². The van der Waals surface area contributed by atoms with Gasteiger partial charge in [0, 0.05) is 17.3 Å². The van der Waals surface area contributed by atoms with Crippen molar-refractivity contribution < 1.29 is 14.7 Å². The highest BCUT2D eigenvalue weighted by molar-refractivity contribution is 5.84. The minimum atomic E-state index is 0.206. The molecule has 0 saturated carbocycles. The second-order valence-corrected chi connectivity index (χ2v) is 5.46. The molecule has 2 N–H and O–H groups in total.